The molecule has 1 unspecified atom stereocenters. The van der Waals surface area contributed by atoms with E-state index < -0.39 is 15.8 Å². The minimum atomic E-state index is -3.58. The van der Waals surface area contributed by atoms with Crippen LogP contribution in [0.25, 0.3) is 10.4 Å². The lowest BCUT2D eigenvalue weighted by Gasteiger charge is -2.16. The largest absolute Gasteiger partial charge is 0.218 e. The highest BCUT2D eigenvalue weighted by atomic mass is 32.2. The highest BCUT2D eigenvalue weighted by Gasteiger charge is 2.31. The van der Waals surface area contributed by atoms with Crippen molar-refractivity contribution in [2.24, 2.45) is 5.11 Å². The highest BCUT2D eigenvalue weighted by molar-refractivity contribution is 7.88. The molecule has 102 valence electrons. The van der Waals surface area contributed by atoms with E-state index in [1.165, 1.54) is 22.5 Å². The molecule has 0 aliphatic carbocycles. The van der Waals surface area contributed by atoms with Crippen LogP contribution in [-0.2, 0) is 15.8 Å². The van der Waals surface area contributed by atoms with Crippen LogP contribution in [0.3, 0.4) is 0 Å². The van der Waals surface area contributed by atoms with E-state index in [4.69, 9.17) is 5.53 Å². The summed E-state index contributed by atoms with van der Waals surface area (Å²) in [5.74, 6) is -0.903. The van der Waals surface area contributed by atoms with Gasteiger partial charge in [0.1, 0.15) is 5.82 Å². The third-order valence-electron chi connectivity index (χ3n) is 3.03. The molecule has 1 fully saturated rings. The highest BCUT2D eigenvalue weighted by Crippen LogP contribution is 2.20. The molecule has 1 heterocycles. The number of nitrogens with zero attached hydrogens (tertiary/aromatic N) is 4. The second kappa shape index (κ2) is 5.56. The van der Waals surface area contributed by atoms with E-state index in [1.807, 2.05) is 0 Å². The third-order valence-corrected chi connectivity index (χ3v) is 4.82. The van der Waals surface area contributed by atoms with Crippen molar-refractivity contribution in [1.82, 2.24) is 4.31 Å². The van der Waals surface area contributed by atoms with Gasteiger partial charge in [-0.25, -0.2) is 17.1 Å². The molecule has 8 heteroatoms. The van der Waals surface area contributed by atoms with Gasteiger partial charge in [0.05, 0.1) is 11.8 Å². The predicted octanol–water partition coefficient (Wildman–Crippen LogP) is 2.04. The van der Waals surface area contributed by atoms with Crippen LogP contribution in [0.1, 0.15) is 12.0 Å². The summed E-state index contributed by atoms with van der Waals surface area (Å²) in [6.45, 7) is 0.474. The second-order valence-electron chi connectivity index (χ2n) is 4.35. The molecule has 1 aromatic carbocycles. The minimum Gasteiger partial charge on any atom is -0.212 e. The van der Waals surface area contributed by atoms with E-state index >= 15 is 0 Å². The zero-order valence-corrected chi connectivity index (χ0v) is 10.9. The van der Waals surface area contributed by atoms with Crippen LogP contribution < -0.4 is 0 Å². The van der Waals surface area contributed by atoms with Gasteiger partial charge < -0.3 is 0 Å². The summed E-state index contributed by atoms with van der Waals surface area (Å²) in [7, 11) is -3.58. The summed E-state index contributed by atoms with van der Waals surface area (Å²) in [4.78, 5) is 2.68. The molecule has 1 saturated heterocycles. The molecule has 6 nitrogen and oxygen atoms in total. The van der Waals surface area contributed by atoms with Gasteiger partial charge in [-0.15, -0.1) is 0 Å². The first-order valence-corrected chi connectivity index (χ1v) is 7.39. The predicted molar refractivity (Wildman–Crippen MR) is 68.1 cm³/mol. The molecule has 0 spiro atoms. The SMILES string of the molecule is [N-]=[N+]=NC1CCN(S(=O)(=O)Cc2ccccc2F)C1. The number of azide groups is 1. The standard InChI is InChI=1S/C11H13FN4O2S/c12-11-4-2-1-3-9(11)8-19(17,18)16-6-5-10(7-16)14-15-13/h1-4,10H,5-8H2. The van der Waals surface area contributed by atoms with E-state index in [0.717, 1.165) is 0 Å². The van der Waals surface area contributed by atoms with Crippen molar-refractivity contribution in [3.8, 4) is 0 Å². The van der Waals surface area contributed by atoms with Gasteiger partial charge in [0, 0.05) is 23.6 Å². The Labute approximate surface area is 110 Å². The summed E-state index contributed by atoms with van der Waals surface area (Å²) in [5.41, 5.74) is 8.48. The number of hydrogen-bond donors (Lipinski definition) is 0. The van der Waals surface area contributed by atoms with Crippen LogP contribution in [0.2, 0.25) is 0 Å². The summed E-state index contributed by atoms with van der Waals surface area (Å²) >= 11 is 0. The molecule has 0 radical (unpaired) electrons. The van der Waals surface area contributed by atoms with Gasteiger partial charge in [-0.1, -0.05) is 23.3 Å². The van der Waals surface area contributed by atoms with Crippen molar-refractivity contribution in [3.63, 3.8) is 0 Å². The molecule has 0 N–H and O–H groups in total. The number of rotatable bonds is 4. The van der Waals surface area contributed by atoms with E-state index in [-0.39, 0.29) is 23.9 Å². The molecule has 1 atom stereocenters. The maximum atomic E-state index is 13.5. The maximum Gasteiger partial charge on any atom is 0.218 e. The number of halogens is 1. The monoisotopic (exact) mass is 284 g/mol. The van der Waals surface area contributed by atoms with Crippen LogP contribution in [-0.4, -0.2) is 31.9 Å². The fourth-order valence-electron chi connectivity index (χ4n) is 2.03. The molecule has 1 aliphatic rings. The average Bonchev–Trinajstić information content (AvgIpc) is 2.82. The third kappa shape index (κ3) is 3.23. The molecule has 0 aromatic heterocycles. The zero-order chi connectivity index (χ0) is 13.9. The Balaban J connectivity index is 2.12. The number of sulfonamides is 1. The van der Waals surface area contributed by atoms with Gasteiger partial charge in [0.15, 0.2) is 0 Å². The van der Waals surface area contributed by atoms with Gasteiger partial charge in [0.25, 0.3) is 0 Å². The van der Waals surface area contributed by atoms with Crippen LogP contribution in [0, 0.1) is 5.82 Å². The topological polar surface area (TPSA) is 86.1 Å². The fourth-order valence-corrected chi connectivity index (χ4v) is 3.63. The zero-order valence-electron chi connectivity index (χ0n) is 10.1. The van der Waals surface area contributed by atoms with Crippen molar-refractivity contribution in [1.29, 1.82) is 0 Å². The quantitative estimate of drug-likeness (QED) is 0.481. The Morgan fingerprint density at radius 2 is 2.21 bits per heavy atom. The molecular formula is C11H13FN4O2S. The minimum absolute atomic E-state index is 0.148. The van der Waals surface area contributed by atoms with Gasteiger partial charge in [-0.3, -0.25) is 0 Å². The smallest absolute Gasteiger partial charge is 0.212 e. The van der Waals surface area contributed by atoms with Gasteiger partial charge in [0.2, 0.25) is 10.0 Å². The van der Waals surface area contributed by atoms with E-state index in [9.17, 15) is 12.8 Å². The lowest BCUT2D eigenvalue weighted by molar-refractivity contribution is 0.470. The number of hydrogen-bond acceptors (Lipinski definition) is 3. The molecule has 2 rings (SSSR count). The van der Waals surface area contributed by atoms with E-state index in [1.54, 1.807) is 6.07 Å². The maximum absolute atomic E-state index is 13.5. The van der Waals surface area contributed by atoms with Gasteiger partial charge in [-0.2, -0.15) is 0 Å². The van der Waals surface area contributed by atoms with Crippen LogP contribution in [0.4, 0.5) is 4.39 Å². The molecule has 0 saturated carbocycles. The molecule has 19 heavy (non-hydrogen) atoms. The molecule has 1 aliphatic heterocycles. The lowest BCUT2D eigenvalue weighted by Crippen LogP contribution is -2.30. The molecular weight excluding hydrogens is 271 g/mol. The Kier molecular flexibility index (Phi) is 4.04. The second-order valence-corrected chi connectivity index (χ2v) is 6.32. The van der Waals surface area contributed by atoms with Gasteiger partial charge >= 0.3 is 0 Å². The molecule has 0 amide bonds. The van der Waals surface area contributed by atoms with Crippen molar-refractivity contribution >= 4 is 10.0 Å². The van der Waals surface area contributed by atoms with Crippen LogP contribution >= 0.6 is 0 Å². The Morgan fingerprint density at radius 3 is 2.89 bits per heavy atom. The van der Waals surface area contributed by atoms with E-state index in [2.05, 4.69) is 10.0 Å². The van der Waals surface area contributed by atoms with Gasteiger partial charge in [-0.05, 0) is 18.0 Å². The first-order valence-electron chi connectivity index (χ1n) is 5.78. The summed E-state index contributed by atoms with van der Waals surface area (Å²) in [5, 5.41) is 3.51. The Bertz CT molecular complexity index is 613. The fraction of sp³-hybridized carbons (Fsp3) is 0.455. The van der Waals surface area contributed by atoms with Crippen LogP contribution in [0.15, 0.2) is 29.4 Å². The normalized spacial score (nSPS) is 20.2. The summed E-state index contributed by atoms with van der Waals surface area (Å²) in [6, 6.07) is 5.46. The Hall–Kier alpha value is -1.63. The van der Waals surface area contributed by atoms with Crippen molar-refractivity contribution in [2.75, 3.05) is 13.1 Å². The van der Waals surface area contributed by atoms with Crippen molar-refractivity contribution in [2.45, 2.75) is 18.2 Å². The Morgan fingerprint density at radius 1 is 1.47 bits per heavy atom. The number of benzene rings is 1. The first-order chi connectivity index (χ1) is 9.03. The molecule has 1 aromatic rings. The van der Waals surface area contributed by atoms with Crippen molar-refractivity contribution < 1.29 is 12.8 Å². The average molecular weight is 284 g/mol. The summed E-state index contributed by atoms with van der Waals surface area (Å²) in [6.07, 6.45) is 0.501. The van der Waals surface area contributed by atoms with Crippen LogP contribution in [0.5, 0.6) is 0 Å². The van der Waals surface area contributed by atoms with Crippen molar-refractivity contribution in [3.05, 3.63) is 46.1 Å². The lowest BCUT2D eigenvalue weighted by atomic mass is 10.2. The first kappa shape index (κ1) is 13.8. The van der Waals surface area contributed by atoms with E-state index in [0.29, 0.717) is 13.0 Å². The summed E-state index contributed by atoms with van der Waals surface area (Å²) < 4.78 is 39.0. The molecule has 0 bridgehead atoms.